The molecule has 3 aromatic rings. The number of aromatic nitrogens is 4. The first-order valence-corrected chi connectivity index (χ1v) is 10.2. The van der Waals surface area contributed by atoms with Gasteiger partial charge in [-0.15, -0.1) is 0 Å². The number of H-pyrrole nitrogens is 1. The predicted molar refractivity (Wildman–Crippen MR) is 111 cm³/mol. The molecule has 0 saturated carbocycles. The molecule has 0 bridgehead atoms. The van der Waals surface area contributed by atoms with Gasteiger partial charge in [0.05, 0.1) is 29.6 Å². The minimum Gasteiger partial charge on any atom is -0.492 e. The molecule has 8 heteroatoms. The van der Waals surface area contributed by atoms with E-state index in [2.05, 4.69) is 39.4 Å². The molecule has 0 aliphatic carbocycles. The van der Waals surface area contributed by atoms with Crippen molar-refractivity contribution < 1.29 is 9.47 Å². The number of benzene rings is 1. The third kappa shape index (κ3) is 4.98. The molecule has 1 aromatic carbocycles. The summed E-state index contributed by atoms with van der Waals surface area (Å²) in [7, 11) is 1.96. The minimum atomic E-state index is -0.0322. The van der Waals surface area contributed by atoms with Crippen LogP contribution in [-0.2, 0) is 24.8 Å². The largest absolute Gasteiger partial charge is 0.492 e. The molecule has 1 aliphatic heterocycles. The summed E-state index contributed by atoms with van der Waals surface area (Å²) < 4.78 is 13.6. The Morgan fingerprint density at radius 2 is 2.21 bits per heavy atom. The van der Waals surface area contributed by atoms with Gasteiger partial charge in [0.25, 0.3) is 0 Å². The lowest BCUT2D eigenvalue weighted by atomic mass is 10.1. The van der Waals surface area contributed by atoms with Crippen molar-refractivity contribution in [2.75, 3.05) is 26.3 Å². The van der Waals surface area contributed by atoms with Gasteiger partial charge < -0.3 is 9.47 Å². The van der Waals surface area contributed by atoms with E-state index in [1.165, 1.54) is 5.56 Å². The second-order valence-corrected chi connectivity index (χ2v) is 7.76. The number of rotatable bonds is 7. The van der Waals surface area contributed by atoms with Crippen LogP contribution in [0.5, 0.6) is 5.75 Å². The van der Waals surface area contributed by atoms with E-state index in [4.69, 9.17) is 21.1 Å². The molecule has 1 N–H and O–H groups in total. The lowest BCUT2D eigenvalue weighted by Gasteiger charge is -2.31. The summed E-state index contributed by atoms with van der Waals surface area (Å²) in [6, 6.07) is 9.56. The third-order valence-corrected chi connectivity index (χ3v) is 5.42. The number of hydrogen-bond acceptors (Lipinski definition) is 5. The zero-order valence-electron chi connectivity index (χ0n) is 16.8. The van der Waals surface area contributed by atoms with Gasteiger partial charge in [0.1, 0.15) is 11.9 Å². The number of ether oxygens (including phenoxy) is 2. The summed E-state index contributed by atoms with van der Waals surface area (Å²) in [5.41, 5.74) is 4.30. The molecule has 7 nitrogen and oxygen atoms in total. The van der Waals surface area contributed by atoms with Crippen molar-refractivity contribution in [1.29, 1.82) is 0 Å². The van der Waals surface area contributed by atoms with Gasteiger partial charge in [0, 0.05) is 50.6 Å². The fraction of sp³-hybridized carbons (Fsp3) is 0.429. The molecule has 1 aliphatic rings. The van der Waals surface area contributed by atoms with Crippen LogP contribution in [0.15, 0.2) is 36.5 Å². The van der Waals surface area contributed by atoms with Crippen LogP contribution in [0.1, 0.15) is 28.7 Å². The second-order valence-electron chi connectivity index (χ2n) is 7.35. The maximum absolute atomic E-state index is 6.12. The highest BCUT2D eigenvalue weighted by Crippen LogP contribution is 2.24. The van der Waals surface area contributed by atoms with E-state index < -0.39 is 0 Å². The normalized spacial score (nSPS) is 17.6. The summed E-state index contributed by atoms with van der Waals surface area (Å²) in [5, 5.41) is 12.6. The fourth-order valence-electron chi connectivity index (χ4n) is 3.58. The first kappa shape index (κ1) is 19.9. The number of morpholine rings is 1. The molecule has 0 radical (unpaired) electrons. The number of hydrogen-bond donors (Lipinski definition) is 1. The first-order chi connectivity index (χ1) is 14.1. The van der Waals surface area contributed by atoms with Gasteiger partial charge in [-0.05, 0) is 25.1 Å². The molecule has 29 heavy (non-hydrogen) atoms. The third-order valence-electron chi connectivity index (χ3n) is 5.11. The van der Waals surface area contributed by atoms with Crippen molar-refractivity contribution in [2.24, 2.45) is 7.05 Å². The molecule has 0 unspecified atom stereocenters. The first-order valence-electron chi connectivity index (χ1n) is 9.83. The molecule has 0 amide bonds. The Kier molecular flexibility index (Phi) is 6.18. The highest BCUT2D eigenvalue weighted by Gasteiger charge is 2.25. The molecular weight excluding hydrogens is 390 g/mol. The monoisotopic (exact) mass is 415 g/mol. The van der Waals surface area contributed by atoms with Crippen LogP contribution in [0.3, 0.4) is 0 Å². The maximum Gasteiger partial charge on any atom is 0.137 e. The molecule has 1 fully saturated rings. The van der Waals surface area contributed by atoms with Gasteiger partial charge in [-0.25, -0.2) is 0 Å². The van der Waals surface area contributed by atoms with E-state index in [9.17, 15) is 0 Å². The van der Waals surface area contributed by atoms with E-state index in [0.717, 1.165) is 43.1 Å². The van der Waals surface area contributed by atoms with Gasteiger partial charge in [-0.3, -0.25) is 14.7 Å². The Morgan fingerprint density at radius 3 is 3.00 bits per heavy atom. The second kappa shape index (κ2) is 8.98. The quantitative estimate of drug-likeness (QED) is 0.641. The number of nitrogens with one attached hydrogen (secondary N) is 1. The van der Waals surface area contributed by atoms with Crippen molar-refractivity contribution in [2.45, 2.75) is 26.0 Å². The smallest absolute Gasteiger partial charge is 0.137 e. The molecule has 1 atom stereocenters. The molecule has 2 aromatic heterocycles. The lowest BCUT2D eigenvalue weighted by molar-refractivity contribution is -0.0350. The number of halogens is 1. The van der Waals surface area contributed by atoms with Crippen LogP contribution in [-0.4, -0.2) is 51.2 Å². The molecule has 4 rings (SSSR count). The Balaban J connectivity index is 1.31. The maximum atomic E-state index is 6.12. The highest BCUT2D eigenvalue weighted by molar-refractivity contribution is 6.32. The Morgan fingerprint density at radius 1 is 1.34 bits per heavy atom. The van der Waals surface area contributed by atoms with Crippen LogP contribution in [0.25, 0.3) is 0 Å². The lowest BCUT2D eigenvalue weighted by Crippen LogP contribution is -2.38. The Labute approximate surface area is 175 Å². The van der Waals surface area contributed by atoms with Crippen molar-refractivity contribution in [3.63, 3.8) is 0 Å². The number of aromatic amines is 1. The van der Waals surface area contributed by atoms with Gasteiger partial charge >= 0.3 is 0 Å². The Bertz CT molecular complexity index is 954. The number of para-hydroxylation sites is 1. The van der Waals surface area contributed by atoms with Gasteiger partial charge in [-0.2, -0.15) is 10.2 Å². The molecule has 154 valence electrons. The van der Waals surface area contributed by atoms with E-state index >= 15 is 0 Å². The van der Waals surface area contributed by atoms with Gasteiger partial charge in [0.15, 0.2) is 0 Å². The molecule has 3 heterocycles. The zero-order valence-corrected chi connectivity index (χ0v) is 17.5. The number of aryl methyl sites for hydroxylation is 2. The fourth-order valence-corrected chi connectivity index (χ4v) is 3.77. The SMILES string of the molecule is Cc1nn(C)cc1CN1CCO[C@@H](c2cc(CCOc3ccccc3Cl)[nH]n2)C1. The van der Waals surface area contributed by atoms with Crippen LogP contribution in [0.2, 0.25) is 5.02 Å². The van der Waals surface area contributed by atoms with Crippen molar-refractivity contribution >= 4 is 11.6 Å². The summed E-state index contributed by atoms with van der Waals surface area (Å²) in [6.45, 7) is 5.88. The topological polar surface area (TPSA) is 68.2 Å². The van der Waals surface area contributed by atoms with Gasteiger partial charge in [-0.1, -0.05) is 23.7 Å². The van der Waals surface area contributed by atoms with Crippen LogP contribution in [0.4, 0.5) is 0 Å². The minimum absolute atomic E-state index is 0.0322. The van der Waals surface area contributed by atoms with Crippen LogP contribution >= 0.6 is 11.6 Å². The molecule has 0 spiro atoms. The van der Waals surface area contributed by atoms with E-state index in [-0.39, 0.29) is 6.10 Å². The zero-order chi connectivity index (χ0) is 20.2. The van der Waals surface area contributed by atoms with Gasteiger partial charge in [0.2, 0.25) is 0 Å². The summed E-state index contributed by atoms with van der Waals surface area (Å²) in [4.78, 5) is 2.40. The van der Waals surface area contributed by atoms with Crippen molar-refractivity contribution in [3.05, 3.63) is 64.2 Å². The van der Waals surface area contributed by atoms with Crippen molar-refractivity contribution in [3.8, 4) is 5.75 Å². The molecular formula is C21H26ClN5O2. The average Bonchev–Trinajstić information content (AvgIpc) is 3.30. The standard InChI is InChI=1S/C21H26ClN5O2/c1-15-16(12-26(2)25-15)13-27-8-10-29-21(14-27)19-11-17(23-24-19)7-9-28-20-6-4-3-5-18(20)22/h3-6,11-12,21H,7-10,13-14H2,1-2H3,(H,23,24)/t21-/m1/s1. The van der Waals surface area contributed by atoms with E-state index in [1.807, 2.05) is 36.0 Å². The number of nitrogens with zero attached hydrogens (tertiary/aromatic N) is 4. The Hall–Kier alpha value is -2.35. The summed E-state index contributed by atoms with van der Waals surface area (Å²) >= 11 is 6.12. The highest BCUT2D eigenvalue weighted by atomic mass is 35.5. The summed E-state index contributed by atoms with van der Waals surface area (Å²) in [6.07, 6.45) is 2.78. The molecule has 1 saturated heterocycles. The predicted octanol–water partition coefficient (Wildman–Crippen LogP) is 3.30. The average molecular weight is 416 g/mol. The van der Waals surface area contributed by atoms with E-state index in [1.54, 1.807) is 0 Å². The summed E-state index contributed by atoms with van der Waals surface area (Å²) in [5.74, 6) is 0.700. The van der Waals surface area contributed by atoms with Crippen LogP contribution in [0, 0.1) is 6.92 Å². The van der Waals surface area contributed by atoms with E-state index in [0.29, 0.717) is 24.0 Å². The van der Waals surface area contributed by atoms with Crippen LogP contribution < -0.4 is 4.74 Å². The van der Waals surface area contributed by atoms with Crippen molar-refractivity contribution in [1.82, 2.24) is 24.9 Å².